The molecule has 114 valence electrons. The fourth-order valence-electron chi connectivity index (χ4n) is 2.10. The first-order chi connectivity index (χ1) is 10.5. The Morgan fingerprint density at radius 1 is 1.05 bits per heavy atom. The van der Waals surface area contributed by atoms with E-state index in [-0.39, 0.29) is 18.1 Å². The van der Waals surface area contributed by atoms with Crippen molar-refractivity contribution in [2.45, 2.75) is 13.5 Å². The Bertz CT molecular complexity index is 710. The van der Waals surface area contributed by atoms with Crippen LogP contribution in [0.15, 0.2) is 42.7 Å². The minimum absolute atomic E-state index is 0.0343. The maximum atomic E-state index is 12.4. The molecule has 0 saturated carbocycles. The molecule has 0 bridgehead atoms. The highest BCUT2D eigenvalue weighted by molar-refractivity contribution is 5.96. The molecule has 1 aromatic carbocycles. The number of pyridine rings is 1. The van der Waals surface area contributed by atoms with Crippen LogP contribution in [0.25, 0.3) is 0 Å². The average Bonchev–Trinajstić information content (AvgIpc) is 2.54. The molecule has 0 aliphatic heterocycles. The van der Waals surface area contributed by atoms with E-state index in [1.54, 1.807) is 54.4 Å². The lowest BCUT2D eigenvalue weighted by Crippen LogP contribution is -2.37. The number of methoxy groups -OCH3 is 2. The zero-order valence-electron chi connectivity index (χ0n) is 12.8. The molecule has 0 saturated heterocycles. The Hall–Kier alpha value is -2.69. The van der Waals surface area contributed by atoms with Gasteiger partial charge in [0.2, 0.25) is 12.3 Å². The van der Waals surface area contributed by atoms with Crippen LogP contribution in [0.5, 0.6) is 11.5 Å². The van der Waals surface area contributed by atoms with Gasteiger partial charge in [-0.2, -0.15) is 4.57 Å². The summed E-state index contributed by atoms with van der Waals surface area (Å²) in [4.78, 5) is 23.7. The number of benzene rings is 1. The summed E-state index contributed by atoms with van der Waals surface area (Å²) in [5.74, 6) is 0.973. The predicted molar refractivity (Wildman–Crippen MR) is 80.5 cm³/mol. The summed E-state index contributed by atoms with van der Waals surface area (Å²) < 4.78 is 12.0. The first kappa shape index (κ1) is 15.7. The summed E-state index contributed by atoms with van der Waals surface area (Å²) in [5.41, 5.74) is 1.10. The van der Waals surface area contributed by atoms with E-state index in [4.69, 9.17) is 9.47 Å². The molecule has 2 aromatic rings. The predicted octanol–water partition coefficient (Wildman–Crippen LogP) is 2.08. The van der Waals surface area contributed by atoms with Crippen LogP contribution in [0, 0.1) is 0 Å². The maximum Gasteiger partial charge on any atom is 0.227 e. The summed E-state index contributed by atoms with van der Waals surface area (Å²) in [7, 11) is 3.07. The minimum atomic E-state index is -0.0772. The molecule has 0 aliphatic carbocycles. The Morgan fingerprint density at radius 2 is 1.77 bits per heavy atom. The standard InChI is InChI=1S/C17H18NO4/c1-12(19)14-5-4-8-18(10-14)11-15(20)13-6-7-16(21-2)17(9-13)22-3/h4-10H,11H2,1-3H3/q+1. The van der Waals surface area contributed by atoms with Gasteiger partial charge >= 0.3 is 0 Å². The number of ether oxygens (including phenoxy) is 2. The molecular formula is C17H18NO4+. The Labute approximate surface area is 129 Å². The van der Waals surface area contributed by atoms with Crippen LogP contribution < -0.4 is 14.0 Å². The molecule has 1 heterocycles. The van der Waals surface area contributed by atoms with Gasteiger partial charge < -0.3 is 9.47 Å². The third kappa shape index (κ3) is 3.49. The van der Waals surface area contributed by atoms with Crippen molar-refractivity contribution in [3.8, 4) is 11.5 Å². The molecule has 0 unspecified atom stereocenters. The Balaban J connectivity index is 2.22. The SMILES string of the molecule is COc1ccc(C(=O)C[n+]2cccc(C(C)=O)c2)cc1OC. The van der Waals surface area contributed by atoms with Crippen molar-refractivity contribution in [2.24, 2.45) is 0 Å². The zero-order valence-corrected chi connectivity index (χ0v) is 12.8. The monoisotopic (exact) mass is 300 g/mol. The van der Waals surface area contributed by atoms with Crippen LogP contribution in [0.1, 0.15) is 27.6 Å². The molecule has 0 radical (unpaired) electrons. The average molecular weight is 300 g/mol. The fourth-order valence-corrected chi connectivity index (χ4v) is 2.10. The van der Waals surface area contributed by atoms with Gasteiger partial charge in [-0.25, -0.2) is 0 Å². The molecule has 0 N–H and O–H groups in total. The van der Waals surface area contributed by atoms with E-state index >= 15 is 0 Å². The Kier molecular flexibility index (Phi) is 4.88. The number of nitrogens with zero attached hydrogens (tertiary/aromatic N) is 1. The van der Waals surface area contributed by atoms with Gasteiger partial charge in [-0.3, -0.25) is 9.59 Å². The van der Waals surface area contributed by atoms with E-state index < -0.39 is 0 Å². The van der Waals surface area contributed by atoms with Crippen molar-refractivity contribution >= 4 is 11.6 Å². The number of carbonyl (C=O) groups excluding carboxylic acids is 2. The highest BCUT2D eigenvalue weighted by Gasteiger charge is 2.16. The summed E-state index contributed by atoms with van der Waals surface area (Å²) in [6, 6.07) is 8.51. The first-order valence-corrected chi connectivity index (χ1v) is 6.80. The van der Waals surface area contributed by atoms with Gasteiger partial charge in [-0.1, -0.05) is 0 Å². The van der Waals surface area contributed by atoms with Crippen LogP contribution in [0.2, 0.25) is 0 Å². The molecule has 0 spiro atoms. The summed E-state index contributed by atoms with van der Waals surface area (Å²) in [6.07, 6.45) is 3.42. The van der Waals surface area contributed by atoms with E-state index in [0.717, 1.165) is 0 Å². The third-order valence-corrected chi connectivity index (χ3v) is 3.30. The molecule has 5 heteroatoms. The second-order valence-electron chi connectivity index (χ2n) is 4.81. The Morgan fingerprint density at radius 3 is 2.41 bits per heavy atom. The molecular weight excluding hydrogens is 282 g/mol. The van der Waals surface area contributed by atoms with Crippen molar-refractivity contribution in [3.05, 3.63) is 53.9 Å². The van der Waals surface area contributed by atoms with E-state index in [9.17, 15) is 9.59 Å². The second-order valence-corrected chi connectivity index (χ2v) is 4.81. The van der Waals surface area contributed by atoms with Crippen LogP contribution in [0.4, 0.5) is 0 Å². The number of aromatic nitrogens is 1. The van der Waals surface area contributed by atoms with Crippen molar-refractivity contribution in [2.75, 3.05) is 14.2 Å². The number of Topliss-reactive ketones (excluding diaryl/α,β-unsaturated/α-hetero) is 2. The van der Waals surface area contributed by atoms with Gasteiger partial charge in [-0.05, 0) is 31.2 Å². The number of rotatable bonds is 6. The summed E-state index contributed by atoms with van der Waals surface area (Å²) in [5, 5.41) is 0. The number of carbonyl (C=O) groups is 2. The lowest BCUT2D eigenvalue weighted by atomic mass is 10.1. The third-order valence-electron chi connectivity index (χ3n) is 3.30. The quantitative estimate of drug-likeness (QED) is 0.605. The molecule has 0 amide bonds. The number of ketones is 2. The summed E-state index contributed by atoms with van der Waals surface area (Å²) >= 11 is 0. The van der Waals surface area contributed by atoms with Gasteiger partial charge in [0.1, 0.15) is 0 Å². The second kappa shape index (κ2) is 6.85. The smallest absolute Gasteiger partial charge is 0.227 e. The molecule has 5 nitrogen and oxygen atoms in total. The van der Waals surface area contributed by atoms with Gasteiger partial charge in [-0.15, -0.1) is 0 Å². The van der Waals surface area contributed by atoms with E-state index in [0.29, 0.717) is 22.6 Å². The largest absolute Gasteiger partial charge is 0.493 e. The van der Waals surface area contributed by atoms with Crippen molar-refractivity contribution in [1.29, 1.82) is 0 Å². The van der Waals surface area contributed by atoms with E-state index in [1.165, 1.54) is 14.0 Å². The first-order valence-electron chi connectivity index (χ1n) is 6.80. The van der Waals surface area contributed by atoms with Gasteiger partial charge in [0.05, 0.1) is 19.8 Å². The lowest BCUT2D eigenvalue weighted by molar-refractivity contribution is -0.683. The maximum absolute atomic E-state index is 12.4. The van der Waals surface area contributed by atoms with Crippen molar-refractivity contribution in [1.82, 2.24) is 0 Å². The van der Waals surface area contributed by atoms with Gasteiger partial charge in [0.25, 0.3) is 0 Å². The zero-order chi connectivity index (χ0) is 16.1. The minimum Gasteiger partial charge on any atom is -0.493 e. The molecule has 2 rings (SSSR count). The van der Waals surface area contributed by atoms with Crippen LogP contribution in [0.3, 0.4) is 0 Å². The fraction of sp³-hybridized carbons (Fsp3) is 0.235. The lowest BCUT2D eigenvalue weighted by Gasteiger charge is -2.08. The summed E-state index contributed by atoms with van der Waals surface area (Å²) in [6.45, 7) is 1.65. The van der Waals surface area contributed by atoms with E-state index in [2.05, 4.69) is 0 Å². The highest BCUT2D eigenvalue weighted by atomic mass is 16.5. The molecule has 0 atom stereocenters. The van der Waals surface area contributed by atoms with Gasteiger partial charge in [0, 0.05) is 11.6 Å². The van der Waals surface area contributed by atoms with Crippen LogP contribution in [-0.2, 0) is 6.54 Å². The molecule has 0 aliphatic rings. The van der Waals surface area contributed by atoms with Crippen molar-refractivity contribution < 1.29 is 23.6 Å². The topological polar surface area (TPSA) is 56.5 Å². The highest BCUT2D eigenvalue weighted by Crippen LogP contribution is 2.27. The van der Waals surface area contributed by atoms with Crippen LogP contribution in [-0.4, -0.2) is 25.8 Å². The van der Waals surface area contributed by atoms with Crippen LogP contribution >= 0.6 is 0 Å². The molecule has 0 fully saturated rings. The van der Waals surface area contributed by atoms with Crippen molar-refractivity contribution in [3.63, 3.8) is 0 Å². The molecule has 1 aromatic heterocycles. The van der Waals surface area contributed by atoms with Gasteiger partial charge in [0.15, 0.2) is 29.7 Å². The number of hydrogen-bond donors (Lipinski definition) is 0. The van der Waals surface area contributed by atoms with E-state index in [1.807, 2.05) is 0 Å². The number of hydrogen-bond acceptors (Lipinski definition) is 4. The normalized spacial score (nSPS) is 10.1. The molecule has 22 heavy (non-hydrogen) atoms.